The molecule has 0 radical (unpaired) electrons. The van der Waals surface area contributed by atoms with Crippen LogP contribution in [0.25, 0.3) is 0 Å². The molecule has 0 spiro atoms. The largest absolute Gasteiger partial charge is 0.491 e. The number of nitrogens with one attached hydrogen (secondary N) is 1. The van der Waals surface area contributed by atoms with Crippen LogP contribution >= 0.6 is 11.3 Å². The summed E-state index contributed by atoms with van der Waals surface area (Å²) in [5.74, 6) is 0.804. The molecule has 1 N–H and O–H groups in total. The number of ether oxygens (including phenoxy) is 1. The first-order valence-electron chi connectivity index (χ1n) is 5.06. The van der Waals surface area contributed by atoms with E-state index in [0.29, 0.717) is 6.61 Å². The summed E-state index contributed by atoms with van der Waals surface area (Å²) in [6.45, 7) is 2.22. The van der Waals surface area contributed by atoms with Gasteiger partial charge >= 0.3 is 0 Å². The van der Waals surface area contributed by atoms with Crippen LogP contribution < -0.4 is 10.1 Å². The normalized spacial score (nSPS) is 10.2. The Kier molecular flexibility index (Phi) is 4.27. The minimum atomic E-state index is 0.635. The van der Waals surface area contributed by atoms with Crippen LogP contribution in [-0.4, -0.2) is 23.1 Å². The van der Waals surface area contributed by atoms with E-state index in [2.05, 4.69) is 15.3 Å². The molecule has 2 aromatic rings. The summed E-state index contributed by atoms with van der Waals surface area (Å²) < 4.78 is 5.48. The Morgan fingerprint density at radius 3 is 3.19 bits per heavy atom. The molecule has 4 nitrogen and oxygen atoms in total. The number of hydrogen-bond donors (Lipinski definition) is 1. The number of aromatic nitrogens is 2. The first-order chi connectivity index (χ1) is 7.95. The van der Waals surface area contributed by atoms with Crippen LogP contribution in [0.1, 0.15) is 5.69 Å². The molecule has 0 aliphatic heterocycles. The van der Waals surface area contributed by atoms with Crippen molar-refractivity contribution in [3.8, 4) is 5.75 Å². The molecule has 0 amide bonds. The van der Waals surface area contributed by atoms with Crippen molar-refractivity contribution in [2.24, 2.45) is 0 Å². The molecule has 0 aliphatic rings. The van der Waals surface area contributed by atoms with E-state index < -0.39 is 0 Å². The molecule has 0 unspecified atom stereocenters. The summed E-state index contributed by atoms with van der Waals surface area (Å²) in [5.41, 5.74) is 2.91. The van der Waals surface area contributed by atoms with Crippen LogP contribution in [0.3, 0.4) is 0 Å². The Morgan fingerprint density at radius 2 is 2.44 bits per heavy atom. The molecule has 0 saturated carbocycles. The fourth-order valence-electron chi connectivity index (χ4n) is 1.21. The zero-order chi connectivity index (χ0) is 11.1. The Hall–Kier alpha value is -1.46. The molecule has 0 atom stereocenters. The number of nitrogens with zero attached hydrogens (tertiary/aromatic N) is 2. The number of hydrogen-bond acceptors (Lipinski definition) is 5. The van der Waals surface area contributed by atoms with E-state index in [-0.39, 0.29) is 0 Å². The summed E-state index contributed by atoms with van der Waals surface area (Å²) in [6, 6.07) is 3.76. The fourth-order valence-corrected chi connectivity index (χ4v) is 1.77. The second-order valence-corrected chi connectivity index (χ2v) is 3.91. The molecule has 0 aliphatic carbocycles. The van der Waals surface area contributed by atoms with Crippen molar-refractivity contribution in [2.45, 2.75) is 6.54 Å². The average Bonchev–Trinajstić information content (AvgIpc) is 2.83. The van der Waals surface area contributed by atoms with Gasteiger partial charge in [-0.25, -0.2) is 4.98 Å². The smallest absolute Gasteiger partial charge is 0.137 e. The lowest BCUT2D eigenvalue weighted by Gasteiger charge is -2.05. The molecule has 0 saturated heterocycles. The van der Waals surface area contributed by atoms with Crippen molar-refractivity contribution >= 4 is 11.3 Å². The van der Waals surface area contributed by atoms with Crippen LogP contribution in [0.15, 0.2) is 35.4 Å². The highest BCUT2D eigenvalue weighted by Crippen LogP contribution is 2.05. The zero-order valence-electron chi connectivity index (χ0n) is 8.80. The topological polar surface area (TPSA) is 47.0 Å². The van der Waals surface area contributed by atoms with Crippen LogP contribution in [-0.2, 0) is 6.54 Å². The third-order valence-electron chi connectivity index (χ3n) is 1.97. The minimum absolute atomic E-state index is 0.635. The van der Waals surface area contributed by atoms with E-state index in [9.17, 15) is 0 Å². The Labute approximate surface area is 98.3 Å². The standard InChI is InChI=1S/C11H13N3OS/c1-2-11(7-12-3-1)15-5-4-13-6-10-8-16-9-14-10/h1-3,7-9,13H,4-6H2. The monoisotopic (exact) mass is 235 g/mol. The molecular formula is C11H13N3OS. The fraction of sp³-hybridized carbons (Fsp3) is 0.273. The van der Waals surface area contributed by atoms with Gasteiger partial charge in [-0.2, -0.15) is 0 Å². The maximum Gasteiger partial charge on any atom is 0.137 e. The van der Waals surface area contributed by atoms with E-state index in [0.717, 1.165) is 24.5 Å². The molecule has 5 heteroatoms. The Morgan fingerprint density at radius 1 is 1.44 bits per heavy atom. The molecular weight excluding hydrogens is 222 g/mol. The second kappa shape index (κ2) is 6.19. The Balaban J connectivity index is 1.59. The van der Waals surface area contributed by atoms with Crippen LogP contribution in [0.5, 0.6) is 5.75 Å². The van der Waals surface area contributed by atoms with Gasteiger partial charge in [0.2, 0.25) is 0 Å². The third kappa shape index (κ3) is 3.60. The summed E-state index contributed by atoms with van der Waals surface area (Å²) in [7, 11) is 0. The first kappa shape index (κ1) is 11.0. The van der Waals surface area contributed by atoms with Gasteiger partial charge in [0.1, 0.15) is 12.4 Å². The summed E-state index contributed by atoms with van der Waals surface area (Å²) in [6.07, 6.45) is 3.44. The lowest BCUT2D eigenvalue weighted by molar-refractivity contribution is 0.312. The molecule has 2 heterocycles. The van der Waals surface area contributed by atoms with Gasteiger partial charge in [-0.1, -0.05) is 0 Å². The van der Waals surface area contributed by atoms with Crippen LogP contribution in [0.4, 0.5) is 0 Å². The van der Waals surface area contributed by atoms with E-state index in [4.69, 9.17) is 4.74 Å². The van der Waals surface area contributed by atoms with Crippen molar-refractivity contribution in [2.75, 3.05) is 13.2 Å². The van der Waals surface area contributed by atoms with Crippen molar-refractivity contribution in [3.05, 3.63) is 41.1 Å². The van der Waals surface area contributed by atoms with Gasteiger partial charge < -0.3 is 10.1 Å². The Bertz CT molecular complexity index is 391. The lowest BCUT2D eigenvalue weighted by Crippen LogP contribution is -2.20. The second-order valence-electron chi connectivity index (χ2n) is 3.19. The van der Waals surface area contributed by atoms with Gasteiger partial charge in [0.05, 0.1) is 17.4 Å². The number of pyridine rings is 1. The first-order valence-corrected chi connectivity index (χ1v) is 6.00. The zero-order valence-corrected chi connectivity index (χ0v) is 9.61. The van der Waals surface area contributed by atoms with Crippen molar-refractivity contribution in [1.29, 1.82) is 0 Å². The number of rotatable bonds is 6. The van der Waals surface area contributed by atoms with Gasteiger partial charge in [0.15, 0.2) is 0 Å². The average molecular weight is 235 g/mol. The molecule has 0 fully saturated rings. The molecule has 16 heavy (non-hydrogen) atoms. The maximum atomic E-state index is 5.48. The highest BCUT2D eigenvalue weighted by Gasteiger charge is 1.94. The van der Waals surface area contributed by atoms with Crippen molar-refractivity contribution < 1.29 is 4.74 Å². The van der Waals surface area contributed by atoms with E-state index in [1.54, 1.807) is 23.7 Å². The summed E-state index contributed by atoms with van der Waals surface area (Å²) in [5, 5.41) is 5.29. The van der Waals surface area contributed by atoms with Crippen LogP contribution in [0, 0.1) is 0 Å². The molecule has 2 rings (SSSR count). The van der Waals surface area contributed by atoms with Crippen molar-refractivity contribution in [1.82, 2.24) is 15.3 Å². The van der Waals surface area contributed by atoms with Gasteiger partial charge in [0.25, 0.3) is 0 Å². The minimum Gasteiger partial charge on any atom is -0.491 e. The van der Waals surface area contributed by atoms with Gasteiger partial charge in [0, 0.05) is 24.7 Å². The molecule has 84 valence electrons. The van der Waals surface area contributed by atoms with Gasteiger partial charge in [-0.15, -0.1) is 11.3 Å². The predicted octanol–water partition coefficient (Wildman–Crippen LogP) is 1.71. The van der Waals surface area contributed by atoms with Crippen LogP contribution in [0.2, 0.25) is 0 Å². The summed E-state index contributed by atoms with van der Waals surface area (Å²) >= 11 is 1.61. The van der Waals surface area contributed by atoms with E-state index in [1.807, 2.05) is 23.0 Å². The van der Waals surface area contributed by atoms with Crippen molar-refractivity contribution in [3.63, 3.8) is 0 Å². The van der Waals surface area contributed by atoms with Gasteiger partial charge in [-0.05, 0) is 12.1 Å². The van der Waals surface area contributed by atoms with E-state index >= 15 is 0 Å². The van der Waals surface area contributed by atoms with Gasteiger partial charge in [-0.3, -0.25) is 4.98 Å². The number of thiazole rings is 1. The highest BCUT2D eigenvalue weighted by molar-refractivity contribution is 7.07. The lowest BCUT2D eigenvalue weighted by atomic mass is 10.4. The highest BCUT2D eigenvalue weighted by atomic mass is 32.1. The molecule has 2 aromatic heterocycles. The SMILES string of the molecule is c1cncc(OCCNCc2cscn2)c1. The van der Waals surface area contributed by atoms with E-state index in [1.165, 1.54) is 0 Å². The molecule has 0 bridgehead atoms. The maximum absolute atomic E-state index is 5.48. The summed E-state index contributed by atoms with van der Waals surface area (Å²) in [4.78, 5) is 8.15. The quantitative estimate of drug-likeness (QED) is 0.774. The predicted molar refractivity (Wildman–Crippen MR) is 63.6 cm³/mol. The third-order valence-corrected chi connectivity index (χ3v) is 2.61. The molecule has 0 aromatic carbocycles.